The topological polar surface area (TPSA) is 76.1 Å². The molecule has 1 N–H and O–H groups in total. The maximum atomic E-state index is 13.2. The molecule has 0 fully saturated rings. The quantitative estimate of drug-likeness (QED) is 0.904. The molecule has 1 aliphatic rings. The number of anilines is 1. The summed E-state index contributed by atoms with van der Waals surface area (Å²) in [6.45, 7) is 1.94. The molecule has 2 aromatic rings. The van der Waals surface area contributed by atoms with Gasteiger partial charge in [0.2, 0.25) is 0 Å². The van der Waals surface area contributed by atoms with Crippen LogP contribution in [-0.2, 0) is 10.0 Å². The minimum Gasteiger partial charge on any atom is -0.497 e. The lowest BCUT2D eigenvalue weighted by Crippen LogP contribution is -2.37. The summed E-state index contributed by atoms with van der Waals surface area (Å²) in [5.74, 6) is 1.15. The smallest absolute Gasteiger partial charge is 0.264 e. The molecule has 6 nitrogen and oxygen atoms in total. The molecule has 3 rings (SSSR count). The molecule has 0 bridgehead atoms. The summed E-state index contributed by atoms with van der Waals surface area (Å²) in [6, 6.07) is 9.95. The molecule has 0 spiro atoms. The number of aryl methyl sites for hydroxylation is 1. The fourth-order valence-electron chi connectivity index (χ4n) is 3.07. The van der Waals surface area contributed by atoms with Crippen LogP contribution in [0, 0.1) is 6.92 Å². The molecule has 7 heteroatoms. The van der Waals surface area contributed by atoms with E-state index in [2.05, 4.69) is 0 Å². The van der Waals surface area contributed by atoms with Gasteiger partial charge in [0.15, 0.2) is 0 Å². The predicted octanol–water partition coefficient (Wildman–Crippen LogP) is 2.64. The number of sulfonamides is 1. The SMILES string of the molecule is COc1ccc(S(=O)(=O)N2CCC(O)c3ccc(OC)cc32)c(C)c1. The van der Waals surface area contributed by atoms with E-state index >= 15 is 0 Å². The summed E-state index contributed by atoms with van der Waals surface area (Å²) in [5, 5.41) is 10.2. The van der Waals surface area contributed by atoms with Crippen LogP contribution in [0.4, 0.5) is 5.69 Å². The number of ether oxygens (including phenoxy) is 2. The third kappa shape index (κ3) is 3.05. The Balaban J connectivity index is 2.12. The molecule has 1 unspecified atom stereocenters. The summed E-state index contributed by atoms with van der Waals surface area (Å²) in [4.78, 5) is 0.221. The van der Waals surface area contributed by atoms with E-state index in [9.17, 15) is 13.5 Å². The molecule has 0 amide bonds. The van der Waals surface area contributed by atoms with Gasteiger partial charge in [0, 0.05) is 18.2 Å². The molecule has 1 heterocycles. The van der Waals surface area contributed by atoms with Gasteiger partial charge in [-0.3, -0.25) is 4.31 Å². The van der Waals surface area contributed by atoms with Crippen LogP contribution in [-0.4, -0.2) is 34.3 Å². The van der Waals surface area contributed by atoms with E-state index in [1.165, 1.54) is 18.5 Å². The number of rotatable bonds is 4. The predicted molar refractivity (Wildman–Crippen MR) is 94.8 cm³/mol. The van der Waals surface area contributed by atoms with Crippen LogP contribution >= 0.6 is 0 Å². The number of hydrogen-bond acceptors (Lipinski definition) is 5. The van der Waals surface area contributed by atoms with Crippen molar-refractivity contribution in [2.24, 2.45) is 0 Å². The second kappa shape index (κ2) is 6.57. The van der Waals surface area contributed by atoms with Gasteiger partial charge in [-0.15, -0.1) is 0 Å². The molecule has 1 aliphatic heterocycles. The van der Waals surface area contributed by atoms with Gasteiger partial charge in [-0.2, -0.15) is 0 Å². The highest BCUT2D eigenvalue weighted by Gasteiger charge is 2.33. The van der Waals surface area contributed by atoms with Crippen LogP contribution in [0.3, 0.4) is 0 Å². The van der Waals surface area contributed by atoms with Crippen molar-refractivity contribution >= 4 is 15.7 Å². The van der Waals surface area contributed by atoms with Crippen molar-refractivity contribution in [3.8, 4) is 11.5 Å². The maximum absolute atomic E-state index is 13.2. The van der Waals surface area contributed by atoms with Crippen LogP contribution in [0.5, 0.6) is 11.5 Å². The first-order valence-electron chi connectivity index (χ1n) is 7.92. The molecule has 0 saturated carbocycles. The second-order valence-electron chi connectivity index (χ2n) is 5.94. The molecule has 0 radical (unpaired) electrons. The molecule has 25 heavy (non-hydrogen) atoms. The van der Waals surface area contributed by atoms with Crippen molar-refractivity contribution < 1.29 is 23.0 Å². The van der Waals surface area contributed by atoms with Gasteiger partial charge in [0.05, 0.1) is 30.9 Å². The first-order valence-corrected chi connectivity index (χ1v) is 9.36. The first-order chi connectivity index (χ1) is 11.9. The van der Waals surface area contributed by atoms with Gasteiger partial charge in [0.1, 0.15) is 11.5 Å². The number of aliphatic hydroxyl groups is 1. The van der Waals surface area contributed by atoms with E-state index in [4.69, 9.17) is 9.47 Å². The number of methoxy groups -OCH3 is 2. The van der Waals surface area contributed by atoms with Crippen LogP contribution in [0.15, 0.2) is 41.3 Å². The molecule has 0 aliphatic carbocycles. The highest BCUT2D eigenvalue weighted by atomic mass is 32.2. The van der Waals surface area contributed by atoms with Crippen LogP contribution in [0.2, 0.25) is 0 Å². The van der Waals surface area contributed by atoms with Gasteiger partial charge in [0.25, 0.3) is 10.0 Å². The van der Waals surface area contributed by atoms with Crippen molar-refractivity contribution in [2.75, 3.05) is 25.1 Å². The Morgan fingerprint density at radius 1 is 1.08 bits per heavy atom. The molecular weight excluding hydrogens is 342 g/mol. The summed E-state index contributed by atoms with van der Waals surface area (Å²) in [6.07, 6.45) is -0.349. The lowest BCUT2D eigenvalue weighted by atomic mass is 10.0. The molecule has 0 saturated heterocycles. The third-order valence-electron chi connectivity index (χ3n) is 4.42. The fourth-order valence-corrected chi connectivity index (χ4v) is 4.78. The third-order valence-corrected chi connectivity index (χ3v) is 6.39. The van der Waals surface area contributed by atoms with Crippen LogP contribution < -0.4 is 13.8 Å². The lowest BCUT2D eigenvalue weighted by Gasteiger charge is -2.33. The lowest BCUT2D eigenvalue weighted by molar-refractivity contribution is 0.166. The number of nitrogens with zero attached hydrogens (tertiary/aromatic N) is 1. The Bertz CT molecular complexity index is 894. The van der Waals surface area contributed by atoms with Gasteiger partial charge in [-0.25, -0.2) is 8.42 Å². The number of benzene rings is 2. The summed E-state index contributed by atoms with van der Waals surface area (Å²) in [5.41, 5.74) is 1.64. The van der Waals surface area contributed by atoms with Gasteiger partial charge in [-0.1, -0.05) is 6.07 Å². The van der Waals surface area contributed by atoms with E-state index < -0.39 is 16.1 Å². The van der Waals surface area contributed by atoms with Gasteiger partial charge >= 0.3 is 0 Å². The van der Waals surface area contributed by atoms with E-state index in [0.717, 1.165) is 0 Å². The molecule has 134 valence electrons. The number of hydrogen-bond donors (Lipinski definition) is 1. The van der Waals surface area contributed by atoms with Crippen LogP contribution in [0.25, 0.3) is 0 Å². The zero-order valence-corrected chi connectivity index (χ0v) is 15.2. The van der Waals surface area contributed by atoms with Crippen molar-refractivity contribution in [3.05, 3.63) is 47.5 Å². The Morgan fingerprint density at radius 2 is 1.72 bits per heavy atom. The fraction of sp³-hybridized carbons (Fsp3) is 0.333. The minimum atomic E-state index is -3.77. The highest BCUT2D eigenvalue weighted by molar-refractivity contribution is 7.92. The van der Waals surface area contributed by atoms with E-state index in [1.54, 1.807) is 43.3 Å². The minimum absolute atomic E-state index is 0.204. The Morgan fingerprint density at radius 3 is 2.36 bits per heavy atom. The molecule has 2 aromatic carbocycles. The standard InChI is InChI=1S/C18H21NO5S/c1-12-10-13(23-2)5-7-18(12)25(21,22)19-9-8-17(20)15-6-4-14(24-3)11-16(15)19/h4-7,10-11,17,20H,8-9H2,1-3H3. The Labute approximate surface area is 147 Å². The highest BCUT2D eigenvalue weighted by Crippen LogP contribution is 2.39. The number of aliphatic hydroxyl groups excluding tert-OH is 1. The van der Waals surface area contributed by atoms with Crippen LogP contribution in [0.1, 0.15) is 23.7 Å². The zero-order valence-electron chi connectivity index (χ0n) is 14.4. The summed E-state index contributed by atoms with van der Waals surface area (Å²) in [7, 11) is -0.708. The average molecular weight is 363 g/mol. The van der Waals surface area contributed by atoms with Crippen molar-refractivity contribution in [1.82, 2.24) is 0 Å². The van der Waals surface area contributed by atoms with Crippen molar-refractivity contribution in [1.29, 1.82) is 0 Å². The zero-order chi connectivity index (χ0) is 18.2. The largest absolute Gasteiger partial charge is 0.497 e. The van der Waals surface area contributed by atoms with E-state index in [0.29, 0.717) is 34.7 Å². The summed E-state index contributed by atoms with van der Waals surface area (Å²) >= 11 is 0. The first kappa shape index (κ1) is 17.6. The van der Waals surface area contributed by atoms with E-state index in [1.807, 2.05) is 0 Å². The second-order valence-corrected chi connectivity index (χ2v) is 7.77. The van der Waals surface area contributed by atoms with Crippen molar-refractivity contribution in [3.63, 3.8) is 0 Å². The normalized spacial score (nSPS) is 17.1. The number of fused-ring (bicyclic) bond motifs is 1. The Kier molecular flexibility index (Phi) is 4.62. The van der Waals surface area contributed by atoms with E-state index in [-0.39, 0.29) is 11.4 Å². The molecular formula is C18H21NO5S. The Hall–Kier alpha value is -2.25. The molecule has 1 atom stereocenters. The van der Waals surface area contributed by atoms with Gasteiger partial charge < -0.3 is 14.6 Å². The monoisotopic (exact) mass is 363 g/mol. The average Bonchev–Trinajstić information content (AvgIpc) is 2.61. The van der Waals surface area contributed by atoms with Crippen molar-refractivity contribution in [2.45, 2.75) is 24.3 Å². The maximum Gasteiger partial charge on any atom is 0.264 e. The van der Waals surface area contributed by atoms with Gasteiger partial charge in [-0.05, 0) is 43.2 Å². The molecule has 0 aromatic heterocycles. The summed E-state index contributed by atoms with van der Waals surface area (Å²) < 4.78 is 38.2.